The van der Waals surface area contributed by atoms with E-state index in [4.69, 9.17) is 4.74 Å². The van der Waals surface area contributed by atoms with Crippen molar-refractivity contribution in [2.24, 2.45) is 16.7 Å². The SMILES string of the molecule is COC(=O)c1ccc(OC(=O)C23CCC(CC2=O)C3(C)C)cc1. The van der Waals surface area contributed by atoms with Gasteiger partial charge in [-0.25, -0.2) is 4.79 Å². The van der Waals surface area contributed by atoms with E-state index in [0.29, 0.717) is 24.2 Å². The number of carbonyl (C=O) groups excluding carboxylic acids is 3. The molecule has 2 aliphatic rings. The Morgan fingerprint density at radius 3 is 2.30 bits per heavy atom. The highest BCUT2D eigenvalue weighted by Gasteiger charge is 2.69. The van der Waals surface area contributed by atoms with Crippen molar-refractivity contribution in [2.45, 2.75) is 33.1 Å². The van der Waals surface area contributed by atoms with Gasteiger partial charge in [0.15, 0.2) is 5.78 Å². The van der Waals surface area contributed by atoms with Crippen LogP contribution >= 0.6 is 0 Å². The molecule has 2 aliphatic carbocycles. The Balaban J connectivity index is 1.82. The topological polar surface area (TPSA) is 69.7 Å². The molecule has 122 valence electrons. The highest BCUT2D eigenvalue weighted by Crippen LogP contribution is 2.64. The molecule has 2 unspecified atom stereocenters. The van der Waals surface area contributed by atoms with Crippen molar-refractivity contribution < 1.29 is 23.9 Å². The predicted molar refractivity (Wildman–Crippen MR) is 82.0 cm³/mol. The first-order valence-electron chi connectivity index (χ1n) is 7.77. The van der Waals surface area contributed by atoms with Crippen LogP contribution in [0.25, 0.3) is 0 Å². The minimum absolute atomic E-state index is 0.00469. The summed E-state index contributed by atoms with van der Waals surface area (Å²) in [5, 5.41) is 0. The van der Waals surface area contributed by atoms with Crippen LogP contribution in [0.5, 0.6) is 5.75 Å². The molecule has 23 heavy (non-hydrogen) atoms. The molecule has 5 nitrogen and oxygen atoms in total. The minimum atomic E-state index is -1.03. The van der Waals surface area contributed by atoms with Gasteiger partial charge >= 0.3 is 11.9 Å². The lowest BCUT2D eigenvalue weighted by Gasteiger charge is -2.33. The van der Waals surface area contributed by atoms with E-state index in [0.717, 1.165) is 6.42 Å². The Bertz CT molecular complexity index is 673. The van der Waals surface area contributed by atoms with Crippen LogP contribution in [0.15, 0.2) is 24.3 Å². The highest BCUT2D eigenvalue weighted by molar-refractivity contribution is 6.08. The summed E-state index contributed by atoms with van der Waals surface area (Å²) in [7, 11) is 1.31. The summed E-state index contributed by atoms with van der Waals surface area (Å²) in [6, 6.07) is 6.15. The fraction of sp³-hybridized carbons (Fsp3) is 0.500. The number of Topliss-reactive ketones (excluding diaryl/α,β-unsaturated/α-hetero) is 1. The molecule has 2 bridgehead atoms. The van der Waals surface area contributed by atoms with Gasteiger partial charge in [0.05, 0.1) is 12.7 Å². The summed E-state index contributed by atoms with van der Waals surface area (Å²) < 4.78 is 10.1. The molecule has 2 atom stereocenters. The van der Waals surface area contributed by atoms with Crippen molar-refractivity contribution in [3.63, 3.8) is 0 Å². The predicted octanol–water partition coefficient (Wildman–Crippen LogP) is 2.77. The van der Waals surface area contributed by atoms with Gasteiger partial charge in [-0.1, -0.05) is 13.8 Å². The number of rotatable bonds is 3. The normalized spacial score (nSPS) is 27.8. The molecule has 3 rings (SSSR count). The van der Waals surface area contributed by atoms with Crippen molar-refractivity contribution in [3.05, 3.63) is 29.8 Å². The first-order valence-corrected chi connectivity index (χ1v) is 7.77. The van der Waals surface area contributed by atoms with Crippen molar-refractivity contribution in [1.29, 1.82) is 0 Å². The van der Waals surface area contributed by atoms with Crippen LogP contribution in [0.1, 0.15) is 43.5 Å². The number of fused-ring (bicyclic) bond motifs is 2. The maximum absolute atomic E-state index is 12.8. The number of benzene rings is 1. The van der Waals surface area contributed by atoms with E-state index < -0.39 is 17.4 Å². The van der Waals surface area contributed by atoms with Crippen molar-refractivity contribution in [2.75, 3.05) is 7.11 Å². The second-order valence-electron chi connectivity index (χ2n) is 6.90. The zero-order valence-electron chi connectivity index (χ0n) is 13.5. The van der Waals surface area contributed by atoms with Gasteiger partial charge in [0, 0.05) is 6.42 Å². The second-order valence-corrected chi connectivity index (χ2v) is 6.90. The second kappa shape index (κ2) is 5.18. The van der Waals surface area contributed by atoms with E-state index in [2.05, 4.69) is 4.74 Å². The fourth-order valence-corrected chi connectivity index (χ4v) is 4.13. The van der Waals surface area contributed by atoms with E-state index in [9.17, 15) is 14.4 Å². The van der Waals surface area contributed by atoms with Gasteiger partial charge in [-0.3, -0.25) is 9.59 Å². The number of ether oxygens (including phenoxy) is 2. The number of esters is 2. The molecule has 0 radical (unpaired) electrons. The van der Waals surface area contributed by atoms with Crippen molar-refractivity contribution >= 4 is 17.7 Å². The van der Waals surface area contributed by atoms with Crippen molar-refractivity contribution in [1.82, 2.24) is 0 Å². The number of hydrogen-bond donors (Lipinski definition) is 0. The molecule has 0 aliphatic heterocycles. The van der Waals surface area contributed by atoms with Gasteiger partial charge in [0.25, 0.3) is 0 Å². The lowest BCUT2D eigenvalue weighted by Crippen LogP contribution is -2.45. The van der Waals surface area contributed by atoms with Gasteiger partial charge in [0.2, 0.25) is 0 Å². The molecular weight excluding hydrogens is 296 g/mol. The molecule has 1 aromatic carbocycles. The first-order chi connectivity index (χ1) is 10.8. The molecule has 0 N–H and O–H groups in total. The summed E-state index contributed by atoms with van der Waals surface area (Å²) in [5.41, 5.74) is -1.02. The molecule has 0 aromatic heterocycles. The van der Waals surface area contributed by atoms with E-state index in [1.54, 1.807) is 12.1 Å². The standard InChI is InChI=1S/C18H20O5/c1-17(2)12-8-9-18(17,14(19)10-12)16(21)23-13-6-4-11(5-7-13)15(20)22-3/h4-7,12H,8-10H2,1-3H3. The molecule has 2 fully saturated rings. The Morgan fingerprint density at radius 2 is 1.83 bits per heavy atom. The summed E-state index contributed by atoms with van der Waals surface area (Å²) in [6.45, 7) is 3.97. The average Bonchev–Trinajstić information content (AvgIpc) is 2.90. The molecule has 0 spiro atoms. The number of ketones is 1. The number of methoxy groups -OCH3 is 1. The Hall–Kier alpha value is -2.17. The zero-order valence-corrected chi connectivity index (χ0v) is 13.5. The summed E-state index contributed by atoms with van der Waals surface area (Å²) in [5.74, 6) is -0.347. The third kappa shape index (κ3) is 2.10. The third-order valence-corrected chi connectivity index (χ3v) is 5.73. The zero-order chi connectivity index (χ0) is 16.8. The van der Waals surface area contributed by atoms with E-state index in [1.165, 1.54) is 19.2 Å². The smallest absolute Gasteiger partial charge is 0.337 e. The van der Waals surface area contributed by atoms with E-state index >= 15 is 0 Å². The molecule has 1 aromatic rings. The quantitative estimate of drug-likeness (QED) is 0.487. The average molecular weight is 316 g/mol. The minimum Gasteiger partial charge on any atom is -0.465 e. The summed E-state index contributed by atoms with van der Waals surface area (Å²) in [6.07, 6.45) is 1.90. The molecular formula is C18H20O5. The molecule has 0 saturated heterocycles. The Labute approximate surface area is 135 Å². The van der Waals surface area contributed by atoms with Crippen LogP contribution in [0.3, 0.4) is 0 Å². The number of hydrogen-bond acceptors (Lipinski definition) is 5. The molecule has 0 amide bonds. The highest BCUT2D eigenvalue weighted by atomic mass is 16.5. The number of carbonyl (C=O) groups is 3. The summed E-state index contributed by atoms with van der Waals surface area (Å²) >= 11 is 0. The van der Waals surface area contributed by atoms with Gasteiger partial charge in [-0.05, 0) is 48.4 Å². The largest absolute Gasteiger partial charge is 0.465 e. The van der Waals surface area contributed by atoms with E-state index in [1.807, 2.05) is 13.8 Å². The van der Waals surface area contributed by atoms with Crippen LogP contribution < -0.4 is 4.74 Å². The summed E-state index contributed by atoms with van der Waals surface area (Å²) in [4.78, 5) is 36.6. The van der Waals surface area contributed by atoms with Gasteiger partial charge in [0.1, 0.15) is 11.2 Å². The lowest BCUT2D eigenvalue weighted by molar-refractivity contribution is -0.156. The van der Waals surface area contributed by atoms with E-state index in [-0.39, 0.29) is 17.1 Å². The first kappa shape index (κ1) is 15.7. The molecule has 5 heteroatoms. The van der Waals surface area contributed by atoms with Gasteiger partial charge in [-0.2, -0.15) is 0 Å². The van der Waals surface area contributed by atoms with Crippen LogP contribution in [-0.4, -0.2) is 24.8 Å². The Kier molecular flexibility index (Phi) is 3.54. The lowest BCUT2D eigenvalue weighted by atomic mass is 9.69. The maximum Gasteiger partial charge on any atom is 0.337 e. The Morgan fingerprint density at radius 1 is 1.17 bits per heavy atom. The van der Waals surface area contributed by atoms with Crippen LogP contribution in [-0.2, 0) is 14.3 Å². The monoisotopic (exact) mass is 316 g/mol. The molecule has 2 saturated carbocycles. The van der Waals surface area contributed by atoms with Gasteiger partial charge < -0.3 is 9.47 Å². The third-order valence-electron chi connectivity index (χ3n) is 5.73. The van der Waals surface area contributed by atoms with Crippen molar-refractivity contribution in [3.8, 4) is 5.75 Å². The van der Waals surface area contributed by atoms with Gasteiger partial charge in [-0.15, -0.1) is 0 Å². The fourth-order valence-electron chi connectivity index (χ4n) is 4.13. The van der Waals surface area contributed by atoms with Crippen LogP contribution in [0.2, 0.25) is 0 Å². The van der Waals surface area contributed by atoms with Crippen LogP contribution in [0.4, 0.5) is 0 Å². The maximum atomic E-state index is 12.8. The molecule has 0 heterocycles. The van der Waals surface area contributed by atoms with Crippen LogP contribution in [0, 0.1) is 16.7 Å².